The van der Waals surface area contributed by atoms with Gasteiger partial charge in [0.1, 0.15) is 17.5 Å². The van der Waals surface area contributed by atoms with Gasteiger partial charge in [0.05, 0.1) is 0 Å². The zero-order chi connectivity index (χ0) is 8.97. The number of hydrazine groups is 1. The molecule has 0 radical (unpaired) electrons. The van der Waals surface area contributed by atoms with Gasteiger partial charge in [0.15, 0.2) is 0 Å². The molecule has 0 spiro atoms. The lowest BCUT2D eigenvalue weighted by molar-refractivity contribution is 0.838. The third-order valence-electron chi connectivity index (χ3n) is 1.41. The fourth-order valence-corrected chi connectivity index (χ4v) is 0.927. The van der Waals surface area contributed by atoms with Crippen molar-refractivity contribution in [2.45, 2.75) is 19.8 Å². The molecule has 1 heterocycles. The van der Waals surface area contributed by atoms with E-state index in [1.54, 1.807) is 6.07 Å². The molecule has 0 saturated carbocycles. The first-order chi connectivity index (χ1) is 5.76. The lowest BCUT2D eigenvalue weighted by atomic mass is 10.3. The Morgan fingerprint density at radius 2 is 2.25 bits per heavy atom. The Balaban J connectivity index is 2.90. The molecule has 1 rings (SSSR count). The van der Waals surface area contributed by atoms with Crippen LogP contribution in [0, 0.1) is 0 Å². The molecule has 5 N–H and O–H groups in total. The van der Waals surface area contributed by atoms with Gasteiger partial charge < -0.3 is 11.2 Å². The summed E-state index contributed by atoms with van der Waals surface area (Å²) in [7, 11) is 0. The molecule has 1 aromatic rings. The van der Waals surface area contributed by atoms with E-state index < -0.39 is 0 Å². The van der Waals surface area contributed by atoms with Crippen molar-refractivity contribution in [1.29, 1.82) is 0 Å². The Labute approximate surface area is 71.2 Å². The summed E-state index contributed by atoms with van der Waals surface area (Å²) in [5, 5.41) is 0. The first-order valence-electron chi connectivity index (χ1n) is 3.86. The molecule has 0 amide bonds. The van der Waals surface area contributed by atoms with Gasteiger partial charge in [-0.2, -0.15) is 0 Å². The Morgan fingerprint density at radius 1 is 1.50 bits per heavy atom. The van der Waals surface area contributed by atoms with Crippen molar-refractivity contribution in [3.8, 4) is 0 Å². The average Bonchev–Trinajstić information content (AvgIpc) is 2.04. The van der Waals surface area contributed by atoms with Gasteiger partial charge in [-0.15, -0.1) is 0 Å². The normalized spacial score (nSPS) is 9.83. The van der Waals surface area contributed by atoms with Gasteiger partial charge in [-0.25, -0.2) is 15.8 Å². The van der Waals surface area contributed by atoms with Crippen molar-refractivity contribution >= 4 is 11.6 Å². The summed E-state index contributed by atoms with van der Waals surface area (Å²) in [6, 6.07) is 1.60. The number of nitrogen functional groups attached to an aromatic ring is 2. The molecule has 0 fully saturated rings. The van der Waals surface area contributed by atoms with E-state index in [2.05, 4.69) is 22.3 Å². The summed E-state index contributed by atoms with van der Waals surface area (Å²) in [6.45, 7) is 2.06. The standard InChI is InChI=1S/C7H13N5/c1-2-3-6-10-5(8)4-7(11-6)12-9/h4H,2-3,9H2,1H3,(H3,8,10,11,12). The van der Waals surface area contributed by atoms with Crippen LogP contribution < -0.4 is 17.0 Å². The average molecular weight is 167 g/mol. The first kappa shape index (κ1) is 8.73. The highest BCUT2D eigenvalue weighted by molar-refractivity contribution is 5.43. The van der Waals surface area contributed by atoms with Gasteiger partial charge in [0, 0.05) is 12.5 Å². The summed E-state index contributed by atoms with van der Waals surface area (Å²) >= 11 is 0. The maximum absolute atomic E-state index is 5.52. The molecule has 0 aliphatic heterocycles. The highest BCUT2D eigenvalue weighted by atomic mass is 15.3. The number of hydrogen-bond acceptors (Lipinski definition) is 5. The SMILES string of the molecule is CCCc1nc(N)cc(NN)n1. The summed E-state index contributed by atoms with van der Waals surface area (Å²) in [4.78, 5) is 8.16. The molecule has 0 aliphatic carbocycles. The molecular formula is C7H13N5. The van der Waals surface area contributed by atoms with Gasteiger partial charge in [-0.3, -0.25) is 0 Å². The Hall–Kier alpha value is -1.36. The molecule has 0 aliphatic rings. The minimum Gasteiger partial charge on any atom is -0.384 e. The number of nitrogens with zero attached hydrogens (tertiary/aromatic N) is 2. The second-order valence-electron chi connectivity index (χ2n) is 2.49. The third kappa shape index (κ3) is 2.06. The predicted molar refractivity (Wildman–Crippen MR) is 48.2 cm³/mol. The number of nitrogens with two attached hydrogens (primary N) is 2. The van der Waals surface area contributed by atoms with Gasteiger partial charge in [-0.05, 0) is 6.42 Å². The molecule has 0 bridgehead atoms. The van der Waals surface area contributed by atoms with Crippen LogP contribution in [0.4, 0.5) is 11.6 Å². The van der Waals surface area contributed by atoms with E-state index in [1.807, 2.05) is 0 Å². The summed E-state index contributed by atoms with van der Waals surface area (Å²) in [6.07, 6.45) is 1.81. The van der Waals surface area contributed by atoms with Crippen LogP contribution in [-0.4, -0.2) is 9.97 Å². The van der Waals surface area contributed by atoms with Crippen LogP contribution >= 0.6 is 0 Å². The van der Waals surface area contributed by atoms with Gasteiger partial charge in [0.2, 0.25) is 0 Å². The highest BCUT2D eigenvalue weighted by Gasteiger charge is 1.99. The minimum absolute atomic E-state index is 0.446. The maximum atomic E-state index is 5.52. The van der Waals surface area contributed by atoms with Crippen LogP contribution in [-0.2, 0) is 6.42 Å². The van der Waals surface area contributed by atoms with Crippen LogP contribution in [0.1, 0.15) is 19.2 Å². The third-order valence-corrected chi connectivity index (χ3v) is 1.41. The Bertz CT molecular complexity index is 260. The molecular weight excluding hydrogens is 154 g/mol. The topological polar surface area (TPSA) is 89.8 Å². The fourth-order valence-electron chi connectivity index (χ4n) is 0.927. The van der Waals surface area contributed by atoms with Crippen molar-refractivity contribution in [2.75, 3.05) is 11.2 Å². The molecule has 66 valence electrons. The van der Waals surface area contributed by atoms with Crippen LogP contribution in [0.3, 0.4) is 0 Å². The quantitative estimate of drug-likeness (QED) is 0.445. The smallest absolute Gasteiger partial charge is 0.145 e. The zero-order valence-electron chi connectivity index (χ0n) is 7.04. The Morgan fingerprint density at radius 3 is 2.83 bits per heavy atom. The van der Waals surface area contributed by atoms with Crippen LogP contribution in [0.2, 0.25) is 0 Å². The van der Waals surface area contributed by atoms with Crippen LogP contribution in [0.15, 0.2) is 6.07 Å². The second-order valence-corrected chi connectivity index (χ2v) is 2.49. The Kier molecular flexibility index (Phi) is 2.82. The summed E-state index contributed by atoms with van der Waals surface area (Å²) in [5.41, 5.74) is 7.95. The lowest BCUT2D eigenvalue weighted by Crippen LogP contribution is -2.11. The molecule has 0 aromatic carbocycles. The minimum atomic E-state index is 0.446. The molecule has 1 aromatic heterocycles. The molecule has 5 nitrogen and oxygen atoms in total. The van der Waals surface area contributed by atoms with Gasteiger partial charge in [0.25, 0.3) is 0 Å². The highest BCUT2D eigenvalue weighted by Crippen LogP contribution is 2.07. The molecule has 5 heteroatoms. The summed E-state index contributed by atoms with van der Waals surface area (Å²) < 4.78 is 0. The van der Waals surface area contributed by atoms with E-state index in [0.29, 0.717) is 11.6 Å². The number of hydrogen-bond donors (Lipinski definition) is 3. The van der Waals surface area contributed by atoms with Crippen LogP contribution in [0.5, 0.6) is 0 Å². The number of aromatic nitrogens is 2. The van der Waals surface area contributed by atoms with E-state index in [0.717, 1.165) is 18.7 Å². The molecule has 0 saturated heterocycles. The monoisotopic (exact) mass is 167 g/mol. The fraction of sp³-hybridized carbons (Fsp3) is 0.429. The van der Waals surface area contributed by atoms with E-state index in [9.17, 15) is 0 Å². The second kappa shape index (κ2) is 3.87. The van der Waals surface area contributed by atoms with E-state index >= 15 is 0 Å². The van der Waals surface area contributed by atoms with E-state index in [1.165, 1.54) is 0 Å². The van der Waals surface area contributed by atoms with Crippen molar-refractivity contribution in [2.24, 2.45) is 5.84 Å². The molecule has 12 heavy (non-hydrogen) atoms. The van der Waals surface area contributed by atoms with Crippen molar-refractivity contribution < 1.29 is 0 Å². The number of rotatable bonds is 3. The number of nitrogens with one attached hydrogen (secondary N) is 1. The van der Waals surface area contributed by atoms with E-state index in [4.69, 9.17) is 11.6 Å². The molecule has 0 unspecified atom stereocenters. The van der Waals surface area contributed by atoms with Crippen molar-refractivity contribution in [3.63, 3.8) is 0 Å². The first-order valence-corrected chi connectivity index (χ1v) is 3.86. The van der Waals surface area contributed by atoms with Crippen molar-refractivity contribution in [3.05, 3.63) is 11.9 Å². The molecule has 0 atom stereocenters. The maximum Gasteiger partial charge on any atom is 0.145 e. The predicted octanol–water partition coefficient (Wildman–Crippen LogP) is 0.297. The van der Waals surface area contributed by atoms with Crippen LogP contribution in [0.25, 0.3) is 0 Å². The summed E-state index contributed by atoms with van der Waals surface area (Å²) in [5.74, 6) is 6.92. The lowest BCUT2D eigenvalue weighted by Gasteiger charge is -2.03. The van der Waals surface area contributed by atoms with E-state index in [-0.39, 0.29) is 0 Å². The largest absolute Gasteiger partial charge is 0.384 e. The van der Waals surface area contributed by atoms with Crippen molar-refractivity contribution in [1.82, 2.24) is 9.97 Å². The van der Waals surface area contributed by atoms with Gasteiger partial charge in [-0.1, -0.05) is 6.92 Å². The number of aryl methyl sites for hydroxylation is 1. The van der Waals surface area contributed by atoms with Gasteiger partial charge >= 0.3 is 0 Å². The zero-order valence-corrected chi connectivity index (χ0v) is 7.04. The number of anilines is 2.